The lowest BCUT2D eigenvalue weighted by atomic mass is 10.1. The molecule has 4 aromatic rings. The number of amides is 1. The fourth-order valence-corrected chi connectivity index (χ4v) is 3.23. The number of pyridine rings is 2. The van der Waals surface area contributed by atoms with Crippen LogP contribution in [0.1, 0.15) is 23.0 Å². The van der Waals surface area contributed by atoms with Gasteiger partial charge in [-0.2, -0.15) is 0 Å². The van der Waals surface area contributed by atoms with E-state index in [0.717, 1.165) is 5.69 Å². The number of ether oxygens (including phenoxy) is 1. The second-order valence-electron chi connectivity index (χ2n) is 6.85. The normalized spacial score (nSPS) is 10.7. The molecule has 0 unspecified atom stereocenters. The largest absolute Gasteiger partial charge is 0.455 e. The van der Waals surface area contributed by atoms with Crippen LogP contribution in [0.15, 0.2) is 77.7 Å². The highest BCUT2D eigenvalue weighted by atomic mass is 16.5. The first-order chi connectivity index (χ1) is 14.6. The lowest BCUT2D eigenvalue weighted by molar-refractivity contribution is 0.102. The van der Waals surface area contributed by atoms with Gasteiger partial charge in [-0.25, -0.2) is 4.98 Å². The summed E-state index contributed by atoms with van der Waals surface area (Å²) in [6.45, 7) is 4.40. The Balaban J connectivity index is 1.70. The quantitative estimate of drug-likeness (QED) is 0.525. The van der Waals surface area contributed by atoms with Crippen molar-refractivity contribution in [1.29, 1.82) is 0 Å². The number of aromatic nitrogens is 2. The summed E-state index contributed by atoms with van der Waals surface area (Å²) in [6, 6.07) is 19.9. The minimum Gasteiger partial charge on any atom is -0.455 e. The van der Waals surface area contributed by atoms with E-state index in [9.17, 15) is 9.59 Å². The number of anilines is 1. The zero-order valence-electron chi connectivity index (χ0n) is 16.8. The van der Waals surface area contributed by atoms with Gasteiger partial charge in [-0.1, -0.05) is 30.3 Å². The van der Waals surface area contributed by atoms with Crippen LogP contribution in [0.3, 0.4) is 0 Å². The SMILES string of the molecule is CCn1cc(C(=O)Nc2ccccc2Oc2ccccc2)c(=O)c2ccc(C)nc21. The first kappa shape index (κ1) is 19.4. The summed E-state index contributed by atoms with van der Waals surface area (Å²) < 4.78 is 7.71. The van der Waals surface area contributed by atoms with E-state index in [2.05, 4.69) is 10.3 Å². The molecule has 2 aromatic carbocycles. The van der Waals surface area contributed by atoms with Crippen molar-refractivity contribution < 1.29 is 9.53 Å². The molecule has 1 N–H and O–H groups in total. The molecule has 0 aliphatic heterocycles. The summed E-state index contributed by atoms with van der Waals surface area (Å²) in [5.74, 6) is 0.652. The summed E-state index contributed by atoms with van der Waals surface area (Å²) in [7, 11) is 0. The predicted molar refractivity (Wildman–Crippen MR) is 117 cm³/mol. The van der Waals surface area contributed by atoms with E-state index >= 15 is 0 Å². The highest BCUT2D eigenvalue weighted by molar-refractivity contribution is 6.06. The van der Waals surface area contributed by atoms with Crippen LogP contribution in [-0.4, -0.2) is 15.5 Å². The lowest BCUT2D eigenvalue weighted by Gasteiger charge is -2.14. The molecule has 0 saturated carbocycles. The number of nitrogens with one attached hydrogen (secondary N) is 1. The summed E-state index contributed by atoms with van der Waals surface area (Å²) in [5, 5.41) is 3.24. The average molecular weight is 399 g/mol. The second-order valence-corrected chi connectivity index (χ2v) is 6.85. The van der Waals surface area contributed by atoms with E-state index in [1.54, 1.807) is 36.5 Å². The molecule has 30 heavy (non-hydrogen) atoms. The molecule has 150 valence electrons. The van der Waals surface area contributed by atoms with Crippen LogP contribution >= 0.6 is 0 Å². The smallest absolute Gasteiger partial charge is 0.261 e. The van der Waals surface area contributed by atoms with Gasteiger partial charge in [0.2, 0.25) is 5.43 Å². The number of nitrogens with zero attached hydrogens (tertiary/aromatic N) is 2. The topological polar surface area (TPSA) is 73.2 Å². The third-order valence-corrected chi connectivity index (χ3v) is 4.75. The van der Waals surface area contributed by atoms with Crippen LogP contribution in [0.2, 0.25) is 0 Å². The van der Waals surface area contributed by atoms with Gasteiger partial charge in [0.15, 0.2) is 5.75 Å². The lowest BCUT2D eigenvalue weighted by Crippen LogP contribution is -2.24. The van der Waals surface area contributed by atoms with Crippen LogP contribution in [0.5, 0.6) is 11.5 Å². The molecule has 0 spiro atoms. The number of carbonyl (C=O) groups is 1. The van der Waals surface area contributed by atoms with E-state index in [1.807, 2.05) is 54.8 Å². The van der Waals surface area contributed by atoms with Crippen molar-refractivity contribution in [2.24, 2.45) is 0 Å². The van der Waals surface area contributed by atoms with Crippen molar-refractivity contribution in [3.63, 3.8) is 0 Å². The Kier molecular flexibility index (Phi) is 5.30. The summed E-state index contributed by atoms with van der Waals surface area (Å²) in [5.41, 5.74) is 1.58. The number of fused-ring (bicyclic) bond motifs is 1. The molecule has 0 atom stereocenters. The molecule has 0 saturated heterocycles. The Labute approximate surface area is 173 Å². The number of hydrogen-bond donors (Lipinski definition) is 1. The molecule has 0 radical (unpaired) electrons. The summed E-state index contributed by atoms with van der Waals surface area (Å²) in [4.78, 5) is 30.5. The molecule has 4 rings (SSSR count). The van der Waals surface area contributed by atoms with Gasteiger partial charge in [0.05, 0.1) is 11.1 Å². The van der Waals surface area contributed by atoms with Crippen LogP contribution < -0.4 is 15.5 Å². The first-order valence-electron chi connectivity index (χ1n) is 9.71. The van der Waals surface area contributed by atoms with E-state index in [1.165, 1.54) is 0 Å². The van der Waals surface area contributed by atoms with Crippen molar-refractivity contribution in [2.45, 2.75) is 20.4 Å². The van der Waals surface area contributed by atoms with Gasteiger partial charge in [0.1, 0.15) is 17.0 Å². The number of para-hydroxylation sites is 3. The van der Waals surface area contributed by atoms with Gasteiger partial charge in [-0.3, -0.25) is 9.59 Å². The molecule has 6 heteroatoms. The standard InChI is InChI=1S/C24H21N3O3/c1-3-27-15-19(22(28)18-14-13-16(2)25-23(18)27)24(29)26-20-11-7-8-12-21(20)30-17-9-5-4-6-10-17/h4-15H,3H2,1-2H3,(H,26,29). The van der Waals surface area contributed by atoms with Crippen LogP contribution in [0.4, 0.5) is 5.69 Å². The number of hydrogen-bond acceptors (Lipinski definition) is 4. The monoisotopic (exact) mass is 399 g/mol. The third-order valence-electron chi connectivity index (χ3n) is 4.75. The Bertz CT molecular complexity index is 1280. The molecular weight excluding hydrogens is 378 g/mol. The molecule has 0 bridgehead atoms. The van der Waals surface area contributed by atoms with Gasteiger partial charge in [0.25, 0.3) is 5.91 Å². The molecule has 2 aromatic heterocycles. The molecule has 6 nitrogen and oxygen atoms in total. The fourth-order valence-electron chi connectivity index (χ4n) is 3.23. The summed E-state index contributed by atoms with van der Waals surface area (Å²) >= 11 is 0. The molecule has 0 aliphatic carbocycles. The second kappa shape index (κ2) is 8.21. The number of benzene rings is 2. The van der Waals surface area contributed by atoms with Gasteiger partial charge in [-0.15, -0.1) is 0 Å². The molecule has 2 heterocycles. The average Bonchev–Trinajstić information content (AvgIpc) is 2.76. The van der Waals surface area contributed by atoms with Crippen LogP contribution in [-0.2, 0) is 6.54 Å². The molecular formula is C24H21N3O3. The highest BCUT2D eigenvalue weighted by Crippen LogP contribution is 2.29. The van der Waals surface area contributed by atoms with Gasteiger partial charge >= 0.3 is 0 Å². The highest BCUT2D eigenvalue weighted by Gasteiger charge is 2.17. The van der Waals surface area contributed by atoms with Gasteiger partial charge in [-0.05, 0) is 50.2 Å². The summed E-state index contributed by atoms with van der Waals surface area (Å²) in [6.07, 6.45) is 1.56. The van der Waals surface area contributed by atoms with E-state index in [4.69, 9.17) is 4.74 Å². The van der Waals surface area contributed by atoms with Crippen molar-refractivity contribution in [1.82, 2.24) is 9.55 Å². The molecule has 0 aliphatic rings. The Hall–Kier alpha value is -3.93. The van der Waals surface area contributed by atoms with E-state index < -0.39 is 5.91 Å². The zero-order valence-corrected chi connectivity index (χ0v) is 16.8. The first-order valence-corrected chi connectivity index (χ1v) is 9.71. The molecule has 0 fully saturated rings. The zero-order chi connectivity index (χ0) is 21.1. The van der Waals surface area contributed by atoms with E-state index in [0.29, 0.717) is 34.8 Å². The van der Waals surface area contributed by atoms with Crippen molar-refractivity contribution in [3.05, 3.63) is 94.4 Å². The minimum absolute atomic E-state index is 0.0597. The maximum Gasteiger partial charge on any atom is 0.261 e. The fraction of sp³-hybridized carbons (Fsp3) is 0.125. The van der Waals surface area contributed by atoms with Crippen molar-refractivity contribution in [3.8, 4) is 11.5 Å². The number of aryl methyl sites for hydroxylation is 2. The van der Waals surface area contributed by atoms with E-state index in [-0.39, 0.29) is 11.0 Å². The van der Waals surface area contributed by atoms with Crippen LogP contribution in [0, 0.1) is 6.92 Å². The maximum absolute atomic E-state index is 13.0. The minimum atomic E-state index is -0.492. The number of carbonyl (C=O) groups excluding carboxylic acids is 1. The Morgan fingerprint density at radius 1 is 1.03 bits per heavy atom. The van der Waals surface area contributed by atoms with Crippen LogP contribution in [0.25, 0.3) is 11.0 Å². The Morgan fingerprint density at radius 3 is 2.53 bits per heavy atom. The molecule has 1 amide bonds. The number of rotatable bonds is 5. The maximum atomic E-state index is 13.0. The predicted octanol–water partition coefficient (Wildman–Crippen LogP) is 4.77. The van der Waals surface area contributed by atoms with Crippen molar-refractivity contribution in [2.75, 3.05) is 5.32 Å². The van der Waals surface area contributed by atoms with Gasteiger partial charge < -0.3 is 14.6 Å². The third kappa shape index (κ3) is 3.80. The van der Waals surface area contributed by atoms with Crippen molar-refractivity contribution >= 4 is 22.6 Å². The Morgan fingerprint density at radius 2 is 1.77 bits per heavy atom. The van der Waals surface area contributed by atoms with Gasteiger partial charge in [0, 0.05) is 18.4 Å².